The SMILES string of the molecule is CCOC(=O)C1=C(C)C=C2C/C(=C\c3ccc(-c4ccc(N)cc4)o3)C(=O)C2C1c1ccccc1. The maximum absolute atomic E-state index is 13.7. The van der Waals surface area contributed by atoms with E-state index in [0.29, 0.717) is 34.8 Å². The van der Waals surface area contributed by atoms with E-state index in [4.69, 9.17) is 14.9 Å². The summed E-state index contributed by atoms with van der Waals surface area (Å²) >= 11 is 0. The van der Waals surface area contributed by atoms with Gasteiger partial charge in [0.15, 0.2) is 5.78 Å². The van der Waals surface area contributed by atoms with Gasteiger partial charge in [-0.2, -0.15) is 0 Å². The largest absolute Gasteiger partial charge is 0.463 e. The Kier molecular flexibility index (Phi) is 6.00. The zero-order chi connectivity index (χ0) is 24.5. The van der Waals surface area contributed by atoms with Crippen LogP contribution in [0.1, 0.15) is 37.5 Å². The maximum Gasteiger partial charge on any atom is 0.334 e. The van der Waals surface area contributed by atoms with Gasteiger partial charge in [0.2, 0.25) is 0 Å². The molecule has 2 atom stereocenters. The number of carbonyl (C=O) groups excluding carboxylic acids is 2. The fraction of sp³-hybridized carbons (Fsp3) is 0.200. The Labute approximate surface area is 204 Å². The van der Waals surface area contributed by atoms with Crippen LogP contribution in [-0.2, 0) is 14.3 Å². The van der Waals surface area contributed by atoms with Crippen LogP contribution in [0.25, 0.3) is 17.4 Å². The number of anilines is 1. The molecule has 2 unspecified atom stereocenters. The van der Waals surface area contributed by atoms with Gasteiger partial charge in [0.05, 0.1) is 12.5 Å². The normalized spacial score (nSPS) is 20.7. The molecule has 5 nitrogen and oxygen atoms in total. The van der Waals surface area contributed by atoms with Crippen LogP contribution >= 0.6 is 0 Å². The zero-order valence-corrected chi connectivity index (χ0v) is 19.8. The number of nitrogens with two attached hydrogens (primary N) is 1. The Hall–Kier alpha value is -4.12. The van der Waals surface area contributed by atoms with Gasteiger partial charge in [0.25, 0.3) is 0 Å². The fourth-order valence-electron chi connectivity index (χ4n) is 5.10. The van der Waals surface area contributed by atoms with E-state index in [1.165, 1.54) is 0 Å². The number of nitrogen functional groups attached to an aromatic ring is 1. The van der Waals surface area contributed by atoms with Crippen LogP contribution in [-0.4, -0.2) is 18.4 Å². The number of hydrogen-bond acceptors (Lipinski definition) is 5. The van der Waals surface area contributed by atoms with E-state index in [1.54, 1.807) is 6.92 Å². The Morgan fingerprint density at radius 2 is 1.80 bits per heavy atom. The van der Waals surface area contributed by atoms with Crippen LogP contribution in [0.3, 0.4) is 0 Å². The Morgan fingerprint density at radius 1 is 1.06 bits per heavy atom. The van der Waals surface area contributed by atoms with Crippen molar-refractivity contribution in [1.29, 1.82) is 0 Å². The van der Waals surface area contributed by atoms with Crippen molar-refractivity contribution in [2.24, 2.45) is 5.92 Å². The molecule has 176 valence electrons. The monoisotopic (exact) mass is 465 g/mol. The highest BCUT2D eigenvalue weighted by atomic mass is 16.5. The minimum atomic E-state index is -0.432. The van der Waals surface area contributed by atoms with Gasteiger partial charge in [-0.3, -0.25) is 4.79 Å². The summed E-state index contributed by atoms with van der Waals surface area (Å²) < 4.78 is 11.4. The first-order chi connectivity index (χ1) is 17.0. The van der Waals surface area contributed by atoms with Crippen LogP contribution in [0.5, 0.6) is 0 Å². The molecule has 35 heavy (non-hydrogen) atoms. The molecule has 0 aliphatic heterocycles. The van der Waals surface area contributed by atoms with Gasteiger partial charge in [0.1, 0.15) is 11.5 Å². The van der Waals surface area contributed by atoms with Crippen molar-refractivity contribution in [2.45, 2.75) is 26.2 Å². The molecule has 0 radical (unpaired) electrons. The van der Waals surface area contributed by atoms with Crippen LogP contribution in [0, 0.1) is 5.92 Å². The molecule has 1 saturated carbocycles. The number of allylic oxidation sites excluding steroid dienone is 4. The number of rotatable bonds is 5. The first kappa shape index (κ1) is 22.7. The highest BCUT2D eigenvalue weighted by molar-refractivity contribution is 6.08. The van der Waals surface area contributed by atoms with E-state index in [1.807, 2.05) is 85.8 Å². The number of furan rings is 1. The third-order valence-electron chi connectivity index (χ3n) is 6.66. The lowest BCUT2D eigenvalue weighted by atomic mass is 9.72. The number of esters is 1. The molecule has 2 aliphatic carbocycles. The van der Waals surface area contributed by atoms with Crippen molar-refractivity contribution < 1.29 is 18.7 Å². The van der Waals surface area contributed by atoms with E-state index in [2.05, 4.69) is 0 Å². The predicted octanol–water partition coefficient (Wildman–Crippen LogP) is 6.10. The van der Waals surface area contributed by atoms with Gasteiger partial charge in [-0.25, -0.2) is 4.79 Å². The summed E-state index contributed by atoms with van der Waals surface area (Å²) in [5, 5.41) is 0. The Balaban J connectivity index is 1.50. The van der Waals surface area contributed by atoms with Gasteiger partial charge in [0, 0.05) is 28.3 Å². The van der Waals surface area contributed by atoms with Crippen molar-refractivity contribution in [3.8, 4) is 11.3 Å². The molecule has 5 heteroatoms. The van der Waals surface area contributed by atoms with E-state index in [9.17, 15) is 9.59 Å². The Morgan fingerprint density at radius 3 is 2.51 bits per heavy atom. The van der Waals surface area contributed by atoms with Crippen molar-refractivity contribution in [3.63, 3.8) is 0 Å². The predicted molar refractivity (Wildman–Crippen MR) is 136 cm³/mol. The molecule has 2 aromatic carbocycles. The van der Waals surface area contributed by atoms with Crippen LogP contribution in [0.2, 0.25) is 0 Å². The van der Waals surface area contributed by atoms with Crippen LogP contribution in [0.4, 0.5) is 5.69 Å². The molecule has 5 rings (SSSR count). The van der Waals surface area contributed by atoms with E-state index in [-0.39, 0.29) is 24.3 Å². The average Bonchev–Trinajstić information content (AvgIpc) is 3.44. The number of fused-ring (bicyclic) bond motifs is 1. The second-order valence-electron chi connectivity index (χ2n) is 8.94. The number of benzene rings is 2. The first-order valence-electron chi connectivity index (χ1n) is 11.8. The molecule has 2 N–H and O–H groups in total. The van der Waals surface area contributed by atoms with E-state index >= 15 is 0 Å². The number of ketones is 1. The van der Waals surface area contributed by atoms with Gasteiger partial charge < -0.3 is 14.9 Å². The van der Waals surface area contributed by atoms with E-state index in [0.717, 1.165) is 22.3 Å². The third kappa shape index (κ3) is 4.26. The minimum Gasteiger partial charge on any atom is -0.463 e. The second kappa shape index (κ2) is 9.26. The lowest BCUT2D eigenvalue weighted by molar-refractivity contribution is -0.139. The fourth-order valence-corrected chi connectivity index (χ4v) is 5.10. The number of hydrogen-bond donors (Lipinski definition) is 1. The highest BCUT2D eigenvalue weighted by Gasteiger charge is 2.46. The quantitative estimate of drug-likeness (QED) is 0.279. The zero-order valence-electron chi connectivity index (χ0n) is 19.8. The summed E-state index contributed by atoms with van der Waals surface area (Å²) in [5.74, 6) is 0.173. The van der Waals surface area contributed by atoms with Crippen molar-refractivity contribution in [1.82, 2.24) is 0 Å². The smallest absolute Gasteiger partial charge is 0.334 e. The van der Waals surface area contributed by atoms with Crippen molar-refractivity contribution >= 4 is 23.5 Å². The number of carbonyl (C=O) groups is 2. The molecule has 2 aliphatic rings. The summed E-state index contributed by atoms with van der Waals surface area (Å²) in [6, 6.07) is 21.0. The molecule has 3 aromatic rings. The van der Waals surface area contributed by atoms with Crippen LogP contribution < -0.4 is 5.73 Å². The van der Waals surface area contributed by atoms with Crippen molar-refractivity contribution in [2.75, 3.05) is 12.3 Å². The average molecular weight is 466 g/mol. The summed E-state index contributed by atoms with van der Waals surface area (Å²) in [6.07, 6.45) is 4.33. The molecule has 0 amide bonds. The molecule has 1 heterocycles. The standard InChI is InChI=1S/C30H27NO4/c1-3-34-30(33)26-18(2)15-21-16-22(29(32)28(21)27(26)20-7-5-4-6-8-20)17-24-13-14-25(35-24)19-9-11-23(31)12-10-19/h4-15,17,27-28H,3,16,31H2,1-2H3/b22-17+. The molecular weight excluding hydrogens is 438 g/mol. The lowest BCUT2D eigenvalue weighted by Crippen LogP contribution is -2.28. The molecular formula is C30H27NO4. The van der Waals surface area contributed by atoms with Crippen molar-refractivity contribution in [3.05, 3.63) is 106 Å². The number of ether oxygens (including phenoxy) is 1. The van der Waals surface area contributed by atoms with Gasteiger partial charge in [-0.05, 0) is 73.9 Å². The molecule has 1 aromatic heterocycles. The molecule has 0 spiro atoms. The summed E-state index contributed by atoms with van der Waals surface area (Å²) in [6.45, 7) is 3.99. The number of Topliss-reactive ketones (excluding diaryl/α,β-unsaturated/α-hetero) is 1. The van der Waals surface area contributed by atoms with E-state index < -0.39 is 5.92 Å². The summed E-state index contributed by atoms with van der Waals surface area (Å²) in [5.41, 5.74) is 11.4. The van der Waals surface area contributed by atoms with Gasteiger partial charge in [-0.1, -0.05) is 42.0 Å². The first-order valence-corrected chi connectivity index (χ1v) is 11.8. The second-order valence-corrected chi connectivity index (χ2v) is 8.94. The Bertz CT molecular complexity index is 1370. The third-order valence-corrected chi connectivity index (χ3v) is 6.66. The molecule has 1 fully saturated rings. The molecule has 0 saturated heterocycles. The minimum absolute atomic E-state index is 0.0184. The van der Waals surface area contributed by atoms with Gasteiger partial charge >= 0.3 is 5.97 Å². The maximum atomic E-state index is 13.7. The highest BCUT2D eigenvalue weighted by Crippen LogP contribution is 2.49. The van der Waals surface area contributed by atoms with Gasteiger partial charge in [-0.15, -0.1) is 0 Å². The lowest BCUT2D eigenvalue weighted by Gasteiger charge is -2.30. The molecule has 0 bridgehead atoms. The summed E-state index contributed by atoms with van der Waals surface area (Å²) in [7, 11) is 0. The topological polar surface area (TPSA) is 82.5 Å². The summed E-state index contributed by atoms with van der Waals surface area (Å²) in [4.78, 5) is 26.7. The van der Waals surface area contributed by atoms with Crippen LogP contribution in [0.15, 0.2) is 99.5 Å².